The minimum absolute atomic E-state index is 0. The summed E-state index contributed by atoms with van der Waals surface area (Å²) in [6.45, 7) is 8.63. The Bertz CT molecular complexity index is 1010. The molecule has 0 bridgehead atoms. The van der Waals surface area contributed by atoms with Crippen LogP contribution in [-0.4, -0.2) is 72.0 Å². The van der Waals surface area contributed by atoms with Crippen LogP contribution >= 0.6 is 0 Å². The number of rotatable bonds is 10. The van der Waals surface area contributed by atoms with Gasteiger partial charge in [0.25, 0.3) is 5.91 Å². The van der Waals surface area contributed by atoms with Crippen LogP contribution in [0.15, 0.2) is 39.7 Å². The normalized spacial score (nSPS) is 19.9. The molecular weight excluding hydrogens is 430 g/mol. The summed E-state index contributed by atoms with van der Waals surface area (Å²) in [7, 11) is 1.72. The van der Waals surface area contributed by atoms with Crippen LogP contribution in [-0.2, 0) is 11.3 Å². The number of imidazole rings is 1. The van der Waals surface area contributed by atoms with Crippen LogP contribution in [0.25, 0.3) is 11.0 Å². The summed E-state index contributed by atoms with van der Waals surface area (Å²) in [5, 5.41) is 15.5. The molecule has 4 rings (SSSR count). The molecule has 1 aromatic heterocycles. The first-order chi connectivity index (χ1) is 16.1. The van der Waals surface area contributed by atoms with Gasteiger partial charge in [-0.3, -0.25) is 4.79 Å². The van der Waals surface area contributed by atoms with Crippen molar-refractivity contribution >= 4 is 22.7 Å². The van der Waals surface area contributed by atoms with Gasteiger partial charge < -0.3 is 19.5 Å². The third kappa shape index (κ3) is 5.88. The molecule has 0 spiro atoms. The van der Waals surface area contributed by atoms with Crippen molar-refractivity contribution in [2.75, 3.05) is 39.9 Å². The van der Waals surface area contributed by atoms with Gasteiger partial charge in [-0.05, 0) is 42.5 Å². The number of para-hydroxylation sites is 2. The molecule has 34 heavy (non-hydrogen) atoms. The number of nitrogens with one attached hydrogen (secondary N) is 1. The van der Waals surface area contributed by atoms with Crippen LogP contribution in [0.2, 0.25) is 0 Å². The molecule has 2 aliphatic heterocycles. The fraction of sp³-hybridized carbons (Fsp3) is 0.640. The summed E-state index contributed by atoms with van der Waals surface area (Å²) < 4.78 is 7.30. The fourth-order valence-corrected chi connectivity index (χ4v) is 4.75. The minimum Gasteiger partial charge on any atom is -0.385 e. The van der Waals surface area contributed by atoms with Gasteiger partial charge in [-0.1, -0.05) is 33.4 Å². The summed E-state index contributed by atoms with van der Waals surface area (Å²) in [4.78, 5) is 20.8. The molecule has 2 atom stereocenters. The van der Waals surface area contributed by atoms with E-state index in [1.54, 1.807) is 7.11 Å². The number of benzene rings is 1. The third-order valence-electron chi connectivity index (χ3n) is 6.36. The van der Waals surface area contributed by atoms with Crippen molar-refractivity contribution in [3.63, 3.8) is 0 Å². The lowest BCUT2D eigenvalue weighted by Gasteiger charge is -2.38. The number of ether oxygens (including phenoxy) is 1. The third-order valence-corrected chi connectivity index (χ3v) is 6.36. The molecule has 0 unspecified atom stereocenters. The molecular formula is C25H39N7O2. The predicted molar refractivity (Wildman–Crippen MR) is 135 cm³/mol. The molecule has 9 heteroatoms. The van der Waals surface area contributed by atoms with Gasteiger partial charge in [0.1, 0.15) is 6.54 Å². The lowest BCUT2D eigenvalue weighted by molar-refractivity contribution is 0.0589. The summed E-state index contributed by atoms with van der Waals surface area (Å²) in [5.74, 6) is 1.12. The van der Waals surface area contributed by atoms with Gasteiger partial charge >= 0.3 is 0 Å². The average molecular weight is 470 g/mol. The molecule has 0 aliphatic carbocycles. The first kappa shape index (κ1) is 26.0. The summed E-state index contributed by atoms with van der Waals surface area (Å²) in [6.07, 6.45) is 2.74. The second kappa shape index (κ2) is 12.2. The maximum Gasteiger partial charge on any atom is 0.290 e. The van der Waals surface area contributed by atoms with Crippen LogP contribution in [0.1, 0.15) is 51.2 Å². The lowest BCUT2D eigenvalue weighted by Crippen LogP contribution is -2.54. The van der Waals surface area contributed by atoms with Gasteiger partial charge in [0.2, 0.25) is 0 Å². The van der Waals surface area contributed by atoms with E-state index in [-0.39, 0.29) is 25.3 Å². The lowest BCUT2D eigenvalue weighted by atomic mass is 9.90. The molecule has 9 nitrogen and oxygen atoms in total. The van der Waals surface area contributed by atoms with E-state index >= 15 is 0 Å². The fourth-order valence-electron chi connectivity index (χ4n) is 4.75. The number of carbonyl (C=O) groups excluding carboxylic acids is 1. The molecule has 1 fully saturated rings. The largest absolute Gasteiger partial charge is 0.385 e. The maximum atomic E-state index is 14.0. The molecule has 1 N–H and O–H groups in total. The standard InChI is InChI=1S/C24H35N7O2.CH4/c1-17(2)16-31(19-12-18(13-25-14-19)21-15-26-29-28-21)24(32)23-27-20-8-4-5-9-22(20)30(23)10-6-7-11-33-3;/h4-5,8-9,17-19,25H,6-7,10-16H2,1-3H3;1H4/t18-,19+;/m1./s1. The zero-order valence-electron chi connectivity index (χ0n) is 19.9. The number of methoxy groups -OCH3 is 1. The van der Waals surface area contributed by atoms with Crippen LogP contribution < -0.4 is 5.32 Å². The second-order valence-corrected chi connectivity index (χ2v) is 9.35. The smallest absolute Gasteiger partial charge is 0.290 e. The SMILES string of the molecule is C.COCCCCn1c(C(=O)N(CC(C)C)[C@@H]2CNC[C@H](C3=NN=NC3)C2)nc2ccccc21. The van der Waals surface area contributed by atoms with Gasteiger partial charge in [-0.2, -0.15) is 5.11 Å². The monoisotopic (exact) mass is 469 g/mol. The highest BCUT2D eigenvalue weighted by atomic mass is 16.5. The maximum absolute atomic E-state index is 14.0. The quantitative estimate of drug-likeness (QED) is 0.532. The van der Waals surface area contributed by atoms with Gasteiger partial charge in [0.05, 0.1) is 16.7 Å². The van der Waals surface area contributed by atoms with Crippen LogP contribution in [0.3, 0.4) is 0 Å². The van der Waals surface area contributed by atoms with Crippen molar-refractivity contribution in [3.8, 4) is 0 Å². The first-order valence-corrected chi connectivity index (χ1v) is 12.0. The molecule has 1 aromatic carbocycles. The number of piperidine rings is 1. The van der Waals surface area contributed by atoms with Crippen molar-refractivity contribution in [3.05, 3.63) is 30.1 Å². The Kier molecular flexibility index (Phi) is 9.29. The first-order valence-electron chi connectivity index (χ1n) is 12.0. The van der Waals surface area contributed by atoms with Crippen molar-refractivity contribution in [1.82, 2.24) is 19.8 Å². The van der Waals surface area contributed by atoms with E-state index in [4.69, 9.17) is 9.72 Å². The Hall–Kier alpha value is -2.65. The minimum atomic E-state index is 0. The number of hydrogen-bond acceptors (Lipinski definition) is 7. The molecule has 1 amide bonds. The highest BCUT2D eigenvalue weighted by Crippen LogP contribution is 2.24. The Morgan fingerprint density at radius 1 is 1.26 bits per heavy atom. The van der Waals surface area contributed by atoms with Gasteiger partial charge in [-0.15, -0.1) is 5.10 Å². The number of hydrogen-bond donors (Lipinski definition) is 1. The predicted octanol–water partition coefficient (Wildman–Crippen LogP) is 4.00. The van der Waals surface area contributed by atoms with Crippen molar-refractivity contribution in [2.24, 2.45) is 27.3 Å². The van der Waals surface area contributed by atoms with E-state index in [0.717, 1.165) is 55.6 Å². The van der Waals surface area contributed by atoms with E-state index in [1.807, 2.05) is 29.2 Å². The topological polar surface area (TPSA) is 96.5 Å². The molecule has 0 radical (unpaired) electrons. The summed E-state index contributed by atoms with van der Waals surface area (Å²) in [6, 6.07) is 8.08. The molecule has 2 aromatic rings. The Balaban J connectivity index is 0.00000324. The van der Waals surface area contributed by atoms with Crippen LogP contribution in [0, 0.1) is 11.8 Å². The highest BCUT2D eigenvalue weighted by Gasteiger charge is 2.34. The van der Waals surface area contributed by atoms with Gasteiger partial charge in [-0.25, -0.2) is 4.98 Å². The van der Waals surface area contributed by atoms with Gasteiger partial charge in [0.15, 0.2) is 5.82 Å². The van der Waals surface area contributed by atoms with Crippen molar-refractivity contribution in [1.29, 1.82) is 0 Å². The summed E-state index contributed by atoms with van der Waals surface area (Å²) in [5.41, 5.74) is 2.88. The molecule has 0 saturated carbocycles. The number of fused-ring (bicyclic) bond motifs is 1. The van der Waals surface area contributed by atoms with Crippen molar-refractivity contribution < 1.29 is 9.53 Å². The van der Waals surface area contributed by atoms with E-state index < -0.39 is 0 Å². The molecule has 1 saturated heterocycles. The zero-order valence-corrected chi connectivity index (χ0v) is 19.9. The zero-order chi connectivity index (χ0) is 23.2. The number of unbranched alkanes of at least 4 members (excludes halogenated alkanes) is 1. The second-order valence-electron chi connectivity index (χ2n) is 9.35. The average Bonchev–Trinajstić information content (AvgIpc) is 3.48. The number of amides is 1. The van der Waals surface area contributed by atoms with Crippen molar-refractivity contribution in [2.45, 2.75) is 53.1 Å². The number of aromatic nitrogens is 2. The van der Waals surface area contributed by atoms with Crippen LogP contribution in [0.4, 0.5) is 0 Å². The van der Waals surface area contributed by atoms with Crippen LogP contribution in [0.5, 0.6) is 0 Å². The molecule has 186 valence electrons. The molecule has 2 aliphatic rings. The Labute approximate surface area is 202 Å². The van der Waals surface area contributed by atoms with E-state index in [9.17, 15) is 4.79 Å². The van der Waals surface area contributed by atoms with E-state index in [1.165, 1.54) is 0 Å². The number of aryl methyl sites for hydroxylation is 1. The highest BCUT2D eigenvalue weighted by molar-refractivity contribution is 5.95. The number of nitrogens with zero attached hydrogens (tertiary/aromatic N) is 6. The molecule has 3 heterocycles. The van der Waals surface area contributed by atoms with E-state index in [2.05, 4.69) is 39.2 Å². The Morgan fingerprint density at radius 3 is 2.82 bits per heavy atom. The van der Waals surface area contributed by atoms with Gasteiger partial charge in [0, 0.05) is 51.9 Å². The van der Waals surface area contributed by atoms with E-state index in [0.29, 0.717) is 31.4 Å². The number of carbonyl (C=O) groups is 1. The Morgan fingerprint density at radius 2 is 2.09 bits per heavy atom. The summed E-state index contributed by atoms with van der Waals surface area (Å²) >= 11 is 0.